The van der Waals surface area contributed by atoms with Crippen molar-refractivity contribution in [3.8, 4) is 11.5 Å². The van der Waals surface area contributed by atoms with Crippen LogP contribution >= 0.6 is 0 Å². The molecular formula is C28H34N2O6. The monoisotopic (exact) mass is 494 g/mol. The molecule has 2 aromatic carbocycles. The lowest BCUT2D eigenvalue weighted by molar-refractivity contribution is -0.140. The van der Waals surface area contributed by atoms with Gasteiger partial charge in [0.15, 0.2) is 0 Å². The van der Waals surface area contributed by atoms with Gasteiger partial charge < -0.3 is 24.2 Å². The third-order valence-corrected chi connectivity index (χ3v) is 6.55. The second kappa shape index (κ2) is 12.1. The molecule has 1 amide bonds. The van der Waals surface area contributed by atoms with Crippen LogP contribution in [0.3, 0.4) is 0 Å². The van der Waals surface area contributed by atoms with Gasteiger partial charge in [-0.3, -0.25) is 14.5 Å². The second-order valence-electron chi connectivity index (χ2n) is 8.95. The Hall–Kier alpha value is -3.36. The zero-order valence-electron chi connectivity index (χ0n) is 20.9. The molecule has 0 radical (unpaired) electrons. The number of ether oxygens (including phenoxy) is 3. The molecule has 2 aromatic rings. The van der Waals surface area contributed by atoms with Gasteiger partial charge in [-0.25, -0.2) is 0 Å². The van der Waals surface area contributed by atoms with E-state index < -0.39 is 17.7 Å². The van der Waals surface area contributed by atoms with E-state index in [2.05, 4.69) is 4.90 Å². The van der Waals surface area contributed by atoms with E-state index >= 15 is 0 Å². The fraction of sp³-hybridized carbons (Fsp3) is 0.429. The van der Waals surface area contributed by atoms with Crippen LogP contribution in [0.15, 0.2) is 54.1 Å². The SMILES string of the molecule is CCCOc1ccc(C(O)=C2C(=O)C(=O)N(CCCN3CCOCC3)[C@H]2c2ccc(OC)cc2)cc1. The number of benzene rings is 2. The van der Waals surface area contributed by atoms with Gasteiger partial charge in [0.2, 0.25) is 0 Å². The fourth-order valence-electron chi connectivity index (χ4n) is 4.62. The molecule has 1 N–H and O–H groups in total. The molecule has 8 nitrogen and oxygen atoms in total. The van der Waals surface area contributed by atoms with Crippen molar-refractivity contribution in [3.05, 3.63) is 65.2 Å². The number of ketones is 1. The van der Waals surface area contributed by atoms with Crippen LogP contribution in [-0.2, 0) is 14.3 Å². The highest BCUT2D eigenvalue weighted by molar-refractivity contribution is 6.46. The molecule has 2 aliphatic heterocycles. The summed E-state index contributed by atoms with van der Waals surface area (Å²) in [5.74, 6) is -0.102. The van der Waals surface area contributed by atoms with E-state index in [-0.39, 0.29) is 11.3 Å². The average Bonchev–Trinajstić information content (AvgIpc) is 3.17. The molecule has 4 rings (SSSR count). The Labute approximate surface area is 212 Å². The van der Waals surface area contributed by atoms with E-state index in [0.717, 1.165) is 31.6 Å². The van der Waals surface area contributed by atoms with Gasteiger partial charge in [0.05, 0.1) is 38.5 Å². The maximum absolute atomic E-state index is 13.2. The molecular weight excluding hydrogens is 460 g/mol. The number of hydrogen-bond acceptors (Lipinski definition) is 7. The standard InChI is InChI=1S/C28H34N2O6/c1-3-17-36-23-11-7-21(8-12-23)26(31)24-25(20-5-9-22(34-2)10-6-20)30(28(33)27(24)32)14-4-13-29-15-18-35-19-16-29/h5-12,25,31H,3-4,13-19H2,1-2H3/t25-/m0/s1. The first kappa shape index (κ1) is 25.7. The van der Waals surface area contributed by atoms with Crippen molar-refractivity contribution in [1.29, 1.82) is 0 Å². The van der Waals surface area contributed by atoms with E-state index in [1.807, 2.05) is 19.1 Å². The van der Waals surface area contributed by atoms with Gasteiger partial charge >= 0.3 is 0 Å². The molecule has 0 unspecified atom stereocenters. The average molecular weight is 495 g/mol. The molecule has 0 bridgehead atoms. The molecule has 0 aromatic heterocycles. The van der Waals surface area contributed by atoms with Crippen molar-refractivity contribution in [2.75, 3.05) is 53.1 Å². The van der Waals surface area contributed by atoms with Gasteiger partial charge in [0, 0.05) is 31.7 Å². The van der Waals surface area contributed by atoms with E-state index in [9.17, 15) is 14.7 Å². The van der Waals surface area contributed by atoms with Crippen molar-refractivity contribution < 1.29 is 28.9 Å². The number of amides is 1. The predicted octanol–water partition coefficient (Wildman–Crippen LogP) is 3.63. The van der Waals surface area contributed by atoms with Crippen LogP contribution in [0, 0.1) is 0 Å². The topological polar surface area (TPSA) is 88.5 Å². The summed E-state index contributed by atoms with van der Waals surface area (Å²) in [5.41, 5.74) is 1.30. The Morgan fingerprint density at radius 3 is 2.31 bits per heavy atom. The maximum Gasteiger partial charge on any atom is 0.295 e. The molecule has 0 spiro atoms. The summed E-state index contributed by atoms with van der Waals surface area (Å²) >= 11 is 0. The van der Waals surface area contributed by atoms with Crippen LogP contribution in [0.4, 0.5) is 0 Å². The van der Waals surface area contributed by atoms with E-state index in [0.29, 0.717) is 49.8 Å². The van der Waals surface area contributed by atoms with Gasteiger partial charge in [-0.15, -0.1) is 0 Å². The van der Waals surface area contributed by atoms with Crippen molar-refractivity contribution in [3.63, 3.8) is 0 Å². The molecule has 2 fully saturated rings. The van der Waals surface area contributed by atoms with Crippen LogP contribution < -0.4 is 9.47 Å². The Kier molecular flexibility index (Phi) is 8.61. The number of morpholine rings is 1. The molecule has 0 saturated carbocycles. The van der Waals surface area contributed by atoms with Gasteiger partial charge in [0.25, 0.3) is 11.7 Å². The minimum Gasteiger partial charge on any atom is -0.507 e. The maximum atomic E-state index is 13.2. The molecule has 2 saturated heterocycles. The van der Waals surface area contributed by atoms with Gasteiger partial charge in [-0.05, 0) is 54.8 Å². The van der Waals surface area contributed by atoms with Gasteiger partial charge in [-0.1, -0.05) is 19.1 Å². The number of aliphatic hydroxyl groups is 1. The van der Waals surface area contributed by atoms with E-state index in [1.165, 1.54) is 0 Å². The van der Waals surface area contributed by atoms with Crippen molar-refractivity contribution in [1.82, 2.24) is 9.80 Å². The highest BCUT2D eigenvalue weighted by atomic mass is 16.5. The first-order chi connectivity index (χ1) is 17.5. The zero-order chi connectivity index (χ0) is 25.5. The molecule has 36 heavy (non-hydrogen) atoms. The van der Waals surface area contributed by atoms with Crippen molar-refractivity contribution >= 4 is 17.4 Å². The van der Waals surface area contributed by atoms with Crippen molar-refractivity contribution in [2.45, 2.75) is 25.8 Å². The highest BCUT2D eigenvalue weighted by Crippen LogP contribution is 2.40. The number of aliphatic hydroxyl groups excluding tert-OH is 1. The summed E-state index contributed by atoms with van der Waals surface area (Å²) in [5, 5.41) is 11.2. The van der Waals surface area contributed by atoms with Crippen LogP contribution in [-0.4, -0.2) is 79.7 Å². The zero-order valence-corrected chi connectivity index (χ0v) is 20.9. The number of methoxy groups -OCH3 is 1. The summed E-state index contributed by atoms with van der Waals surface area (Å²) in [6, 6.07) is 13.5. The Morgan fingerprint density at radius 2 is 1.67 bits per heavy atom. The largest absolute Gasteiger partial charge is 0.507 e. The number of carbonyl (C=O) groups excluding carboxylic acids is 2. The number of hydrogen-bond donors (Lipinski definition) is 1. The first-order valence-electron chi connectivity index (χ1n) is 12.5. The Bertz CT molecular complexity index is 1070. The third-order valence-electron chi connectivity index (χ3n) is 6.55. The number of carbonyl (C=O) groups is 2. The quantitative estimate of drug-likeness (QED) is 0.307. The number of nitrogens with zero attached hydrogens (tertiary/aromatic N) is 2. The number of likely N-dealkylation sites (tertiary alicyclic amines) is 1. The molecule has 8 heteroatoms. The summed E-state index contributed by atoms with van der Waals surface area (Å²) in [6.07, 6.45) is 1.60. The number of Topliss-reactive ketones (excluding diaryl/α,β-unsaturated/α-hetero) is 1. The van der Waals surface area contributed by atoms with Crippen LogP contribution in [0.2, 0.25) is 0 Å². The van der Waals surface area contributed by atoms with Crippen LogP contribution in [0.25, 0.3) is 5.76 Å². The van der Waals surface area contributed by atoms with E-state index in [1.54, 1.807) is 48.4 Å². The predicted molar refractivity (Wildman–Crippen MR) is 136 cm³/mol. The molecule has 2 aliphatic rings. The fourth-order valence-corrected chi connectivity index (χ4v) is 4.62. The Balaban J connectivity index is 1.63. The summed E-state index contributed by atoms with van der Waals surface area (Å²) < 4.78 is 16.3. The molecule has 2 heterocycles. The second-order valence-corrected chi connectivity index (χ2v) is 8.95. The molecule has 1 atom stereocenters. The van der Waals surface area contributed by atoms with Crippen LogP contribution in [0.5, 0.6) is 11.5 Å². The normalized spacial score (nSPS) is 20.1. The lowest BCUT2D eigenvalue weighted by atomic mass is 9.95. The summed E-state index contributed by atoms with van der Waals surface area (Å²) in [7, 11) is 1.58. The smallest absolute Gasteiger partial charge is 0.295 e. The lowest BCUT2D eigenvalue weighted by Gasteiger charge is -2.29. The Morgan fingerprint density at radius 1 is 1.00 bits per heavy atom. The summed E-state index contributed by atoms with van der Waals surface area (Å²) in [4.78, 5) is 30.3. The van der Waals surface area contributed by atoms with E-state index in [4.69, 9.17) is 14.2 Å². The summed E-state index contributed by atoms with van der Waals surface area (Å²) in [6.45, 7) is 6.96. The van der Waals surface area contributed by atoms with Crippen molar-refractivity contribution in [2.24, 2.45) is 0 Å². The minimum absolute atomic E-state index is 0.0961. The first-order valence-corrected chi connectivity index (χ1v) is 12.5. The van der Waals surface area contributed by atoms with Crippen LogP contribution in [0.1, 0.15) is 36.9 Å². The highest BCUT2D eigenvalue weighted by Gasteiger charge is 2.45. The van der Waals surface area contributed by atoms with Gasteiger partial charge in [0.1, 0.15) is 17.3 Å². The number of rotatable bonds is 10. The third kappa shape index (κ3) is 5.71. The lowest BCUT2D eigenvalue weighted by Crippen LogP contribution is -2.38. The van der Waals surface area contributed by atoms with Gasteiger partial charge in [-0.2, -0.15) is 0 Å². The molecule has 192 valence electrons. The minimum atomic E-state index is -0.684. The molecule has 0 aliphatic carbocycles.